The predicted molar refractivity (Wildman–Crippen MR) is 84.8 cm³/mol. The van der Waals surface area contributed by atoms with E-state index in [9.17, 15) is 4.79 Å². The van der Waals surface area contributed by atoms with Crippen molar-refractivity contribution in [3.05, 3.63) is 59.7 Å². The lowest BCUT2D eigenvalue weighted by Gasteiger charge is -2.11. The monoisotopic (exact) mass is 284 g/mol. The van der Waals surface area contributed by atoms with Crippen molar-refractivity contribution < 1.29 is 9.53 Å². The molecule has 0 aliphatic heterocycles. The Morgan fingerprint density at radius 2 is 1.76 bits per heavy atom. The summed E-state index contributed by atoms with van der Waals surface area (Å²) in [6.45, 7) is 0.856. The number of rotatable bonds is 5. The van der Waals surface area contributed by atoms with Gasteiger partial charge in [0.1, 0.15) is 5.75 Å². The van der Waals surface area contributed by atoms with Crippen molar-refractivity contribution in [1.29, 1.82) is 0 Å². The van der Waals surface area contributed by atoms with Crippen LogP contribution in [0.5, 0.6) is 5.75 Å². The predicted octanol–water partition coefficient (Wildman–Crippen LogP) is 3.01. The number of para-hydroxylation sites is 2. The third-order valence-electron chi connectivity index (χ3n) is 3.07. The lowest BCUT2D eigenvalue weighted by Crippen LogP contribution is -2.13. The normalized spacial score (nSPS) is 10.5. The summed E-state index contributed by atoms with van der Waals surface area (Å²) < 4.78 is 5.22. The average Bonchev–Trinajstić information content (AvgIpc) is 2.48. The molecule has 0 saturated carbocycles. The highest BCUT2D eigenvalue weighted by Gasteiger charge is 2.09. The summed E-state index contributed by atoms with van der Waals surface area (Å²) in [6, 6.07) is 15.0. The van der Waals surface area contributed by atoms with Gasteiger partial charge in [0.25, 0.3) is 5.91 Å². The molecule has 0 heterocycles. The van der Waals surface area contributed by atoms with Gasteiger partial charge < -0.3 is 15.0 Å². The number of methoxy groups -OCH3 is 1. The molecule has 0 fully saturated rings. The molecule has 2 aromatic carbocycles. The van der Waals surface area contributed by atoms with Crippen LogP contribution >= 0.6 is 0 Å². The smallest absolute Gasteiger partial charge is 0.255 e. The maximum absolute atomic E-state index is 12.2. The summed E-state index contributed by atoms with van der Waals surface area (Å²) in [5, 5.41) is 2.86. The van der Waals surface area contributed by atoms with Crippen LogP contribution in [0.25, 0.3) is 0 Å². The summed E-state index contributed by atoms with van der Waals surface area (Å²) in [5.74, 6) is 0.506. The molecular weight excluding hydrogens is 264 g/mol. The van der Waals surface area contributed by atoms with Crippen LogP contribution in [0.2, 0.25) is 0 Å². The van der Waals surface area contributed by atoms with Crippen molar-refractivity contribution >= 4 is 11.6 Å². The first-order chi connectivity index (χ1) is 10.1. The van der Waals surface area contributed by atoms with Crippen LogP contribution in [0.15, 0.2) is 48.5 Å². The molecule has 2 rings (SSSR count). The molecule has 2 aromatic rings. The van der Waals surface area contributed by atoms with Crippen molar-refractivity contribution in [2.24, 2.45) is 0 Å². The average molecular weight is 284 g/mol. The van der Waals surface area contributed by atoms with Crippen molar-refractivity contribution in [3.63, 3.8) is 0 Å². The SMILES string of the molecule is COc1ccccc1NC(=O)c1ccc(CN(C)C)cc1. The van der Waals surface area contributed by atoms with Gasteiger partial charge in [-0.1, -0.05) is 24.3 Å². The Hall–Kier alpha value is -2.33. The maximum atomic E-state index is 12.2. The number of nitrogens with zero attached hydrogens (tertiary/aromatic N) is 1. The van der Waals surface area contributed by atoms with Crippen LogP contribution in [0.1, 0.15) is 15.9 Å². The molecule has 1 N–H and O–H groups in total. The van der Waals surface area contributed by atoms with Crippen LogP contribution in [0, 0.1) is 0 Å². The van der Waals surface area contributed by atoms with Gasteiger partial charge in [-0.3, -0.25) is 4.79 Å². The van der Waals surface area contributed by atoms with E-state index >= 15 is 0 Å². The first-order valence-electron chi connectivity index (χ1n) is 6.78. The van der Waals surface area contributed by atoms with Gasteiger partial charge in [-0.15, -0.1) is 0 Å². The highest BCUT2D eigenvalue weighted by Crippen LogP contribution is 2.23. The Morgan fingerprint density at radius 1 is 1.10 bits per heavy atom. The Labute approximate surface area is 125 Å². The highest BCUT2D eigenvalue weighted by atomic mass is 16.5. The molecule has 4 nitrogen and oxygen atoms in total. The molecule has 1 amide bonds. The molecule has 0 spiro atoms. The molecule has 0 unspecified atom stereocenters. The second-order valence-corrected chi connectivity index (χ2v) is 5.09. The van der Waals surface area contributed by atoms with Gasteiger partial charge in [-0.05, 0) is 43.9 Å². The molecule has 0 aromatic heterocycles. The fraction of sp³-hybridized carbons (Fsp3) is 0.235. The van der Waals surface area contributed by atoms with Crippen molar-refractivity contribution in [1.82, 2.24) is 4.90 Å². The Balaban J connectivity index is 2.09. The number of nitrogens with one attached hydrogen (secondary N) is 1. The van der Waals surface area contributed by atoms with Gasteiger partial charge in [-0.2, -0.15) is 0 Å². The fourth-order valence-electron chi connectivity index (χ4n) is 2.07. The zero-order valence-electron chi connectivity index (χ0n) is 12.6. The Bertz CT molecular complexity index is 606. The molecule has 0 atom stereocenters. The lowest BCUT2D eigenvalue weighted by atomic mass is 10.1. The van der Waals surface area contributed by atoms with Crippen LogP contribution < -0.4 is 10.1 Å². The quantitative estimate of drug-likeness (QED) is 0.917. The van der Waals surface area contributed by atoms with Gasteiger partial charge in [0.2, 0.25) is 0 Å². The molecular formula is C17H20N2O2. The minimum absolute atomic E-state index is 0.143. The van der Waals surface area contributed by atoms with Gasteiger partial charge in [0, 0.05) is 12.1 Å². The molecule has 0 bridgehead atoms. The second kappa shape index (κ2) is 6.90. The number of carbonyl (C=O) groups excluding carboxylic acids is 1. The van der Waals surface area contributed by atoms with E-state index in [1.165, 1.54) is 5.56 Å². The standard InChI is InChI=1S/C17H20N2O2/c1-19(2)12-13-8-10-14(11-9-13)17(20)18-15-6-4-5-7-16(15)21-3/h4-11H,12H2,1-3H3,(H,18,20). The molecule has 110 valence electrons. The number of carbonyl (C=O) groups is 1. The van der Waals surface area contributed by atoms with E-state index < -0.39 is 0 Å². The Morgan fingerprint density at radius 3 is 2.38 bits per heavy atom. The van der Waals surface area contributed by atoms with Crippen molar-refractivity contribution in [2.45, 2.75) is 6.54 Å². The minimum atomic E-state index is -0.143. The number of benzene rings is 2. The number of amides is 1. The summed E-state index contributed by atoms with van der Waals surface area (Å²) >= 11 is 0. The van der Waals surface area contributed by atoms with Crippen molar-refractivity contribution in [2.75, 3.05) is 26.5 Å². The summed E-state index contributed by atoms with van der Waals surface area (Å²) in [4.78, 5) is 14.3. The second-order valence-electron chi connectivity index (χ2n) is 5.09. The van der Waals surface area contributed by atoms with Crippen LogP contribution in [-0.4, -0.2) is 32.0 Å². The summed E-state index contributed by atoms with van der Waals surface area (Å²) in [7, 11) is 5.62. The highest BCUT2D eigenvalue weighted by molar-refractivity contribution is 6.05. The molecule has 0 aliphatic rings. The van der Waals surface area contributed by atoms with E-state index in [1.807, 2.05) is 62.6 Å². The molecule has 0 saturated heterocycles. The summed E-state index contributed by atoms with van der Waals surface area (Å²) in [6.07, 6.45) is 0. The van der Waals surface area contributed by atoms with Gasteiger partial charge >= 0.3 is 0 Å². The van der Waals surface area contributed by atoms with Crippen LogP contribution in [0.3, 0.4) is 0 Å². The lowest BCUT2D eigenvalue weighted by molar-refractivity contribution is 0.102. The van der Waals surface area contributed by atoms with E-state index in [1.54, 1.807) is 7.11 Å². The Kier molecular flexibility index (Phi) is 4.95. The third kappa shape index (κ3) is 4.07. The van der Waals surface area contributed by atoms with Gasteiger partial charge in [0.15, 0.2) is 0 Å². The largest absolute Gasteiger partial charge is 0.495 e. The van der Waals surface area contributed by atoms with E-state index in [0.29, 0.717) is 17.0 Å². The van der Waals surface area contributed by atoms with E-state index in [-0.39, 0.29) is 5.91 Å². The number of hydrogen-bond acceptors (Lipinski definition) is 3. The van der Waals surface area contributed by atoms with Crippen LogP contribution in [0.4, 0.5) is 5.69 Å². The molecule has 4 heteroatoms. The molecule has 0 aliphatic carbocycles. The van der Waals surface area contributed by atoms with E-state index in [4.69, 9.17) is 4.74 Å². The zero-order valence-corrected chi connectivity index (χ0v) is 12.6. The molecule has 0 radical (unpaired) electrons. The molecule has 21 heavy (non-hydrogen) atoms. The number of anilines is 1. The third-order valence-corrected chi connectivity index (χ3v) is 3.07. The summed E-state index contributed by atoms with van der Waals surface area (Å²) in [5.41, 5.74) is 2.47. The first kappa shape index (κ1) is 15.1. The number of ether oxygens (including phenoxy) is 1. The van der Waals surface area contributed by atoms with Gasteiger partial charge in [-0.25, -0.2) is 0 Å². The van der Waals surface area contributed by atoms with E-state index in [2.05, 4.69) is 10.2 Å². The van der Waals surface area contributed by atoms with Crippen LogP contribution in [-0.2, 0) is 6.54 Å². The van der Waals surface area contributed by atoms with E-state index in [0.717, 1.165) is 6.54 Å². The van der Waals surface area contributed by atoms with Crippen molar-refractivity contribution in [3.8, 4) is 5.75 Å². The van der Waals surface area contributed by atoms with Gasteiger partial charge in [0.05, 0.1) is 12.8 Å². The fourth-order valence-corrected chi connectivity index (χ4v) is 2.07. The maximum Gasteiger partial charge on any atom is 0.255 e. The number of hydrogen-bond donors (Lipinski definition) is 1. The zero-order chi connectivity index (χ0) is 15.2. The topological polar surface area (TPSA) is 41.6 Å². The minimum Gasteiger partial charge on any atom is -0.495 e. The first-order valence-corrected chi connectivity index (χ1v) is 6.78.